The van der Waals surface area contributed by atoms with E-state index in [1.165, 1.54) is 16.4 Å². The maximum atomic E-state index is 14.0. The van der Waals surface area contributed by atoms with E-state index in [1.807, 2.05) is 37.3 Å². The lowest BCUT2D eigenvalue weighted by molar-refractivity contribution is -0.133. The Morgan fingerprint density at radius 1 is 0.927 bits per heavy atom. The topological polar surface area (TPSA) is 83.3 Å². The fourth-order valence-electron chi connectivity index (χ4n) is 4.89. The van der Waals surface area contributed by atoms with Gasteiger partial charge in [0, 0.05) is 32.7 Å². The molecule has 216 valence electrons. The Kier molecular flexibility index (Phi) is 9.14. The smallest absolute Gasteiger partial charge is 0.243 e. The highest BCUT2D eigenvalue weighted by Crippen LogP contribution is 2.23. The number of furan rings is 1. The molecule has 0 unspecified atom stereocenters. The molecule has 0 saturated carbocycles. The van der Waals surface area contributed by atoms with Crippen molar-refractivity contribution in [1.82, 2.24) is 14.1 Å². The van der Waals surface area contributed by atoms with Crippen LogP contribution in [0, 0.1) is 12.7 Å². The van der Waals surface area contributed by atoms with Gasteiger partial charge in [-0.2, -0.15) is 4.31 Å². The van der Waals surface area contributed by atoms with E-state index in [0.717, 1.165) is 16.3 Å². The first-order chi connectivity index (χ1) is 19.8. The minimum atomic E-state index is -4.01. The number of benzene rings is 3. The zero-order chi connectivity index (χ0) is 28.8. The number of hydrogen-bond donors (Lipinski definition) is 0. The molecule has 0 aliphatic carbocycles. The summed E-state index contributed by atoms with van der Waals surface area (Å²) in [6.45, 7) is 4.99. The summed E-state index contributed by atoms with van der Waals surface area (Å²) < 4.78 is 54.0. The van der Waals surface area contributed by atoms with Crippen LogP contribution in [0.3, 0.4) is 0 Å². The molecule has 0 radical (unpaired) electrons. The van der Waals surface area contributed by atoms with Crippen molar-refractivity contribution < 1.29 is 26.8 Å². The first kappa shape index (κ1) is 28.9. The molecule has 2 heterocycles. The number of fused-ring (bicyclic) bond motifs is 1. The number of aryl methyl sites for hydroxylation is 1. The normalized spacial score (nSPS) is 14.5. The van der Waals surface area contributed by atoms with Crippen LogP contribution in [0.5, 0.6) is 0 Å². The molecule has 3 aromatic carbocycles. The molecule has 1 aliphatic rings. The number of nitrogens with zero attached hydrogens (tertiary/aromatic N) is 3. The quantitative estimate of drug-likeness (QED) is 0.262. The summed E-state index contributed by atoms with van der Waals surface area (Å²) in [5, 5.41) is 1.74. The Hall–Kier alpha value is -3.57. The van der Waals surface area contributed by atoms with Crippen molar-refractivity contribution in [3.63, 3.8) is 0 Å². The van der Waals surface area contributed by atoms with Gasteiger partial charge < -0.3 is 14.1 Å². The molecule has 8 nitrogen and oxygen atoms in total. The Labute approximate surface area is 240 Å². The standard InChI is InChI=1S/C31H34FN3O5S/c1-24-6-12-29(40-24)22-34(21-25-7-10-28(32)11-8-25)31(36)23-35(15-14-33-16-18-39-19-17-33)41(37,38)30-13-9-26-4-2-3-5-27(26)20-30/h2-13,20H,14-19,21-23H2,1H3. The van der Waals surface area contributed by atoms with Gasteiger partial charge in [-0.1, -0.05) is 42.5 Å². The van der Waals surface area contributed by atoms with E-state index in [2.05, 4.69) is 4.90 Å². The van der Waals surface area contributed by atoms with Crippen LogP contribution >= 0.6 is 0 Å². The van der Waals surface area contributed by atoms with Gasteiger partial charge >= 0.3 is 0 Å². The highest BCUT2D eigenvalue weighted by Gasteiger charge is 2.30. The second kappa shape index (κ2) is 12.9. The van der Waals surface area contributed by atoms with Crippen LogP contribution in [0.15, 0.2) is 88.2 Å². The van der Waals surface area contributed by atoms with Gasteiger partial charge in [0.05, 0.1) is 31.2 Å². The molecular weight excluding hydrogens is 545 g/mol. The zero-order valence-corrected chi connectivity index (χ0v) is 23.9. The lowest BCUT2D eigenvalue weighted by Gasteiger charge is -2.31. The molecule has 0 atom stereocenters. The Morgan fingerprint density at radius 3 is 2.37 bits per heavy atom. The van der Waals surface area contributed by atoms with Crippen molar-refractivity contribution in [2.75, 3.05) is 45.9 Å². The van der Waals surface area contributed by atoms with E-state index in [0.29, 0.717) is 44.4 Å². The fourth-order valence-corrected chi connectivity index (χ4v) is 6.31. The Morgan fingerprint density at radius 2 is 1.66 bits per heavy atom. The summed E-state index contributed by atoms with van der Waals surface area (Å²) in [6, 6.07) is 22.1. The number of carbonyl (C=O) groups excluding carboxylic acids is 1. The van der Waals surface area contributed by atoms with Gasteiger partial charge in [0.1, 0.15) is 17.3 Å². The summed E-state index contributed by atoms with van der Waals surface area (Å²) in [5.74, 6) is 0.536. The minimum absolute atomic E-state index is 0.137. The van der Waals surface area contributed by atoms with Gasteiger partial charge in [0.2, 0.25) is 15.9 Å². The van der Waals surface area contributed by atoms with E-state index >= 15 is 0 Å². The molecule has 0 spiro atoms. The van der Waals surface area contributed by atoms with E-state index in [-0.39, 0.29) is 42.8 Å². The number of carbonyl (C=O) groups is 1. The van der Waals surface area contributed by atoms with Crippen LogP contribution in [0.2, 0.25) is 0 Å². The van der Waals surface area contributed by atoms with Gasteiger partial charge in [-0.25, -0.2) is 12.8 Å². The molecule has 1 amide bonds. The van der Waals surface area contributed by atoms with Crippen molar-refractivity contribution in [3.05, 3.63) is 102 Å². The van der Waals surface area contributed by atoms with Crippen LogP contribution < -0.4 is 0 Å². The molecule has 1 aromatic heterocycles. The number of amides is 1. The summed E-state index contributed by atoms with van der Waals surface area (Å²) >= 11 is 0. The third-order valence-electron chi connectivity index (χ3n) is 7.22. The SMILES string of the molecule is Cc1ccc(CN(Cc2ccc(F)cc2)C(=O)CN(CCN2CCOCC2)S(=O)(=O)c2ccc3ccccc3c2)o1. The van der Waals surface area contributed by atoms with Crippen molar-refractivity contribution in [1.29, 1.82) is 0 Å². The largest absolute Gasteiger partial charge is 0.464 e. The Balaban J connectivity index is 1.42. The second-order valence-electron chi connectivity index (χ2n) is 10.2. The number of rotatable bonds is 11. The summed E-state index contributed by atoms with van der Waals surface area (Å²) in [7, 11) is -4.01. The first-order valence-corrected chi connectivity index (χ1v) is 15.1. The van der Waals surface area contributed by atoms with Crippen LogP contribution in [0.4, 0.5) is 4.39 Å². The molecule has 0 bridgehead atoms. The molecule has 4 aromatic rings. The third-order valence-corrected chi connectivity index (χ3v) is 9.06. The van der Waals surface area contributed by atoms with Crippen LogP contribution in [-0.4, -0.2) is 74.4 Å². The van der Waals surface area contributed by atoms with Gasteiger partial charge in [-0.3, -0.25) is 9.69 Å². The average molecular weight is 580 g/mol. The van der Waals surface area contributed by atoms with Crippen molar-refractivity contribution in [2.24, 2.45) is 0 Å². The maximum absolute atomic E-state index is 14.0. The minimum Gasteiger partial charge on any atom is -0.464 e. The van der Waals surface area contributed by atoms with E-state index < -0.39 is 10.0 Å². The molecule has 1 aliphatic heterocycles. The average Bonchev–Trinajstić information content (AvgIpc) is 3.40. The first-order valence-electron chi connectivity index (χ1n) is 13.6. The van der Waals surface area contributed by atoms with Crippen molar-refractivity contribution >= 4 is 26.7 Å². The molecule has 0 N–H and O–H groups in total. The van der Waals surface area contributed by atoms with Crippen LogP contribution in [0.1, 0.15) is 17.1 Å². The fraction of sp³-hybridized carbons (Fsp3) is 0.323. The van der Waals surface area contributed by atoms with E-state index in [4.69, 9.17) is 9.15 Å². The highest BCUT2D eigenvalue weighted by molar-refractivity contribution is 7.89. The summed E-state index contributed by atoms with van der Waals surface area (Å²) in [5.41, 5.74) is 0.722. The predicted octanol–water partition coefficient (Wildman–Crippen LogP) is 4.43. The summed E-state index contributed by atoms with van der Waals surface area (Å²) in [6.07, 6.45) is 0. The third kappa shape index (κ3) is 7.39. The number of sulfonamides is 1. The second-order valence-corrected chi connectivity index (χ2v) is 12.1. The van der Waals surface area contributed by atoms with E-state index in [1.54, 1.807) is 41.3 Å². The molecular formula is C31H34FN3O5S. The maximum Gasteiger partial charge on any atom is 0.243 e. The highest BCUT2D eigenvalue weighted by atomic mass is 32.2. The lowest BCUT2D eigenvalue weighted by atomic mass is 10.1. The zero-order valence-electron chi connectivity index (χ0n) is 23.0. The number of morpholine rings is 1. The monoisotopic (exact) mass is 579 g/mol. The molecule has 5 rings (SSSR count). The molecule has 41 heavy (non-hydrogen) atoms. The van der Waals surface area contributed by atoms with Gasteiger partial charge in [-0.15, -0.1) is 0 Å². The number of hydrogen-bond acceptors (Lipinski definition) is 6. The summed E-state index contributed by atoms with van der Waals surface area (Å²) in [4.78, 5) is 17.7. The molecule has 1 fully saturated rings. The molecule has 10 heteroatoms. The van der Waals surface area contributed by atoms with Gasteiger partial charge in [0.15, 0.2) is 0 Å². The number of ether oxygens (including phenoxy) is 1. The number of halogens is 1. The van der Waals surface area contributed by atoms with Crippen LogP contribution in [-0.2, 0) is 32.6 Å². The van der Waals surface area contributed by atoms with Crippen molar-refractivity contribution in [2.45, 2.75) is 24.9 Å². The van der Waals surface area contributed by atoms with Gasteiger partial charge in [0.25, 0.3) is 0 Å². The Bertz CT molecular complexity index is 1580. The van der Waals surface area contributed by atoms with E-state index in [9.17, 15) is 17.6 Å². The molecule has 1 saturated heterocycles. The van der Waals surface area contributed by atoms with Gasteiger partial charge in [-0.05, 0) is 59.7 Å². The predicted molar refractivity (Wildman–Crippen MR) is 154 cm³/mol. The van der Waals surface area contributed by atoms with Crippen LogP contribution in [0.25, 0.3) is 10.8 Å². The van der Waals surface area contributed by atoms with Crippen molar-refractivity contribution in [3.8, 4) is 0 Å². The lowest BCUT2D eigenvalue weighted by Crippen LogP contribution is -2.47.